The van der Waals surface area contributed by atoms with Crippen molar-refractivity contribution in [1.29, 1.82) is 0 Å². The zero-order valence-electron chi connectivity index (χ0n) is 15.9. The predicted octanol–water partition coefficient (Wildman–Crippen LogP) is 3.53. The lowest BCUT2D eigenvalue weighted by Crippen LogP contribution is -2.23. The van der Waals surface area contributed by atoms with E-state index in [1.165, 1.54) is 0 Å². The lowest BCUT2D eigenvalue weighted by molar-refractivity contribution is 0.0766. The van der Waals surface area contributed by atoms with Crippen molar-refractivity contribution >= 4 is 5.91 Å². The van der Waals surface area contributed by atoms with E-state index in [1.807, 2.05) is 49.5 Å². The molecule has 4 rings (SSSR count). The molecular weight excluding hydrogens is 354 g/mol. The van der Waals surface area contributed by atoms with Crippen LogP contribution in [0.4, 0.5) is 0 Å². The molecule has 3 heterocycles. The van der Waals surface area contributed by atoms with E-state index in [4.69, 9.17) is 9.47 Å². The summed E-state index contributed by atoms with van der Waals surface area (Å²) in [6.07, 6.45) is 3.56. The van der Waals surface area contributed by atoms with Crippen molar-refractivity contribution in [3.63, 3.8) is 0 Å². The summed E-state index contributed by atoms with van der Waals surface area (Å²) in [6.45, 7) is 3.46. The number of fused-ring (bicyclic) bond motifs is 1. The third-order valence-corrected chi connectivity index (χ3v) is 4.70. The summed E-state index contributed by atoms with van der Waals surface area (Å²) < 4.78 is 10.9. The fraction of sp³-hybridized carbons (Fsp3) is 0.227. The lowest BCUT2D eigenvalue weighted by Gasteiger charge is -2.15. The van der Waals surface area contributed by atoms with E-state index in [-0.39, 0.29) is 5.91 Å². The number of aryl methyl sites for hydroxylation is 1. The molecule has 1 aliphatic rings. The molecule has 1 amide bonds. The highest BCUT2D eigenvalue weighted by atomic mass is 16.5. The third kappa shape index (κ3) is 3.81. The molecule has 142 valence electrons. The van der Waals surface area contributed by atoms with E-state index in [2.05, 4.69) is 9.97 Å². The molecule has 0 radical (unpaired) electrons. The zero-order chi connectivity index (χ0) is 19.5. The van der Waals surface area contributed by atoms with Crippen LogP contribution < -0.4 is 9.47 Å². The van der Waals surface area contributed by atoms with E-state index >= 15 is 0 Å². The zero-order valence-corrected chi connectivity index (χ0v) is 15.9. The van der Waals surface area contributed by atoms with Crippen molar-refractivity contribution in [3.05, 3.63) is 82.8 Å². The van der Waals surface area contributed by atoms with Crippen LogP contribution in [0.5, 0.6) is 11.6 Å². The molecule has 0 spiro atoms. The summed E-state index contributed by atoms with van der Waals surface area (Å²) in [5.41, 5.74) is 4.65. The van der Waals surface area contributed by atoms with Crippen LogP contribution in [-0.4, -0.2) is 27.9 Å². The number of hydrogen-bond donors (Lipinski definition) is 0. The second kappa shape index (κ2) is 7.68. The Morgan fingerprint density at radius 3 is 2.68 bits per heavy atom. The average molecular weight is 375 g/mol. The Morgan fingerprint density at radius 1 is 1.07 bits per heavy atom. The topological polar surface area (TPSA) is 64.6 Å². The van der Waals surface area contributed by atoms with Gasteiger partial charge < -0.3 is 14.4 Å². The van der Waals surface area contributed by atoms with Crippen molar-refractivity contribution < 1.29 is 14.3 Å². The Kier molecular flexibility index (Phi) is 4.93. The molecule has 0 saturated heterocycles. The smallest absolute Gasteiger partial charge is 0.254 e. The van der Waals surface area contributed by atoms with Crippen LogP contribution in [0.15, 0.2) is 54.9 Å². The summed E-state index contributed by atoms with van der Waals surface area (Å²) in [7, 11) is 1.58. The number of aromatic nitrogens is 2. The van der Waals surface area contributed by atoms with Crippen LogP contribution >= 0.6 is 0 Å². The molecule has 0 saturated carbocycles. The summed E-state index contributed by atoms with van der Waals surface area (Å²) in [5, 5.41) is 0. The van der Waals surface area contributed by atoms with Gasteiger partial charge in [0.2, 0.25) is 5.88 Å². The SMILES string of the molecule is COc1ccc(CN2Cc3cc(OCc4ccc(C)cn4)ccc3C2=O)cn1. The maximum Gasteiger partial charge on any atom is 0.254 e. The second-order valence-electron chi connectivity index (χ2n) is 6.80. The summed E-state index contributed by atoms with van der Waals surface area (Å²) >= 11 is 0. The van der Waals surface area contributed by atoms with Gasteiger partial charge in [0.1, 0.15) is 12.4 Å². The Bertz CT molecular complexity index is 985. The quantitative estimate of drug-likeness (QED) is 0.659. The Morgan fingerprint density at radius 2 is 1.96 bits per heavy atom. The van der Waals surface area contributed by atoms with Crippen LogP contribution in [0.3, 0.4) is 0 Å². The molecule has 1 aromatic carbocycles. The second-order valence-corrected chi connectivity index (χ2v) is 6.80. The van der Waals surface area contributed by atoms with Crippen molar-refractivity contribution in [2.75, 3.05) is 7.11 Å². The maximum absolute atomic E-state index is 12.7. The number of hydrogen-bond acceptors (Lipinski definition) is 5. The Balaban J connectivity index is 1.42. The number of ether oxygens (including phenoxy) is 2. The van der Waals surface area contributed by atoms with Gasteiger partial charge in [0.15, 0.2) is 0 Å². The number of carbonyl (C=O) groups is 1. The van der Waals surface area contributed by atoms with Crippen LogP contribution in [0.2, 0.25) is 0 Å². The molecule has 2 aromatic heterocycles. The lowest BCUT2D eigenvalue weighted by atomic mass is 10.1. The van der Waals surface area contributed by atoms with Gasteiger partial charge in [-0.1, -0.05) is 12.1 Å². The third-order valence-electron chi connectivity index (χ3n) is 4.70. The van der Waals surface area contributed by atoms with Gasteiger partial charge in [-0.15, -0.1) is 0 Å². The van der Waals surface area contributed by atoms with Gasteiger partial charge >= 0.3 is 0 Å². The summed E-state index contributed by atoms with van der Waals surface area (Å²) in [5.74, 6) is 1.32. The van der Waals surface area contributed by atoms with Gasteiger partial charge in [0, 0.05) is 37.1 Å². The van der Waals surface area contributed by atoms with E-state index < -0.39 is 0 Å². The maximum atomic E-state index is 12.7. The molecule has 0 fully saturated rings. The highest BCUT2D eigenvalue weighted by Gasteiger charge is 2.27. The number of benzene rings is 1. The number of carbonyl (C=O) groups excluding carboxylic acids is 1. The van der Waals surface area contributed by atoms with Crippen LogP contribution in [0.25, 0.3) is 0 Å². The van der Waals surface area contributed by atoms with Crippen molar-refractivity contribution in [3.8, 4) is 11.6 Å². The number of rotatable bonds is 6. The van der Waals surface area contributed by atoms with Gasteiger partial charge in [-0.05, 0) is 47.9 Å². The van der Waals surface area contributed by atoms with Gasteiger partial charge in [0.25, 0.3) is 5.91 Å². The number of amides is 1. The van der Waals surface area contributed by atoms with Crippen molar-refractivity contribution in [2.45, 2.75) is 26.6 Å². The molecule has 0 aliphatic carbocycles. The van der Waals surface area contributed by atoms with Gasteiger partial charge in [-0.25, -0.2) is 4.98 Å². The molecule has 0 unspecified atom stereocenters. The standard InChI is InChI=1S/C22H21N3O3/c1-15-3-5-18(23-10-15)14-28-19-6-7-20-17(9-19)13-25(22(20)26)12-16-4-8-21(27-2)24-11-16/h3-11H,12-14H2,1-2H3. The fourth-order valence-corrected chi connectivity index (χ4v) is 3.16. The minimum Gasteiger partial charge on any atom is -0.487 e. The van der Waals surface area contributed by atoms with Crippen molar-refractivity contribution in [1.82, 2.24) is 14.9 Å². The first-order valence-electron chi connectivity index (χ1n) is 9.08. The molecular formula is C22H21N3O3. The van der Waals surface area contributed by atoms with Gasteiger partial charge in [-0.3, -0.25) is 9.78 Å². The first-order valence-corrected chi connectivity index (χ1v) is 9.08. The Hall–Kier alpha value is -3.41. The van der Waals surface area contributed by atoms with E-state index in [0.29, 0.717) is 25.6 Å². The predicted molar refractivity (Wildman–Crippen MR) is 104 cm³/mol. The number of nitrogens with zero attached hydrogens (tertiary/aromatic N) is 3. The van der Waals surface area contributed by atoms with E-state index in [9.17, 15) is 4.79 Å². The number of pyridine rings is 2. The molecule has 0 N–H and O–H groups in total. The van der Waals surface area contributed by atoms with Gasteiger partial charge in [0.05, 0.1) is 12.8 Å². The van der Waals surface area contributed by atoms with Crippen LogP contribution in [-0.2, 0) is 19.7 Å². The van der Waals surface area contributed by atoms with E-state index in [0.717, 1.165) is 33.7 Å². The van der Waals surface area contributed by atoms with Gasteiger partial charge in [-0.2, -0.15) is 0 Å². The highest BCUT2D eigenvalue weighted by molar-refractivity contribution is 5.98. The number of methoxy groups -OCH3 is 1. The fourth-order valence-electron chi connectivity index (χ4n) is 3.16. The Labute approximate surface area is 163 Å². The molecule has 0 atom stereocenters. The van der Waals surface area contributed by atoms with Crippen LogP contribution in [0.1, 0.15) is 32.7 Å². The van der Waals surface area contributed by atoms with Crippen LogP contribution in [0, 0.1) is 6.92 Å². The molecule has 0 bridgehead atoms. The average Bonchev–Trinajstić information content (AvgIpc) is 3.03. The normalized spacial score (nSPS) is 12.8. The summed E-state index contributed by atoms with van der Waals surface area (Å²) in [6, 6.07) is 13.3. The minimum absolute atomic E-state index is 0.0255. The van der Waals surface area contributed by atoms with Crippen molar-refractivity contribution in [2.24, 2.45) is 0 Å². The van der Waals surface area contributed by atoms with E-state index in [1.54, 1.807) is 24.3 Å². The molecule has 6 heteroatoms. The monoisotopic (exact) mass is 375 g/mol. The molecule has 3 aromatic rings. The highest BCUT2D eigenvalue weighted by Crippen LogP contribution is 2.28. The summed E-state index contributed by atoms with van der Waals surface area (Å²) in [4.78, 5) is 23.0. The first kappa shape index (κ1) is 18.0. The molecule has 6 nitrogen and oxygen atoms in total. The first-order chi connectivity index (χ1) is 13.6. The molecule has 28 heavy (non-hydrogen) atoms. The largest absolute Gasteiger partial charge is 0.487 e. The molecule has 1 aliphatic heterocycles. The minimum atomic E-state index is 0.0255.